The quantitative estimate of drug-likeness (QED) is 0.769. The molecule has 0 aromatic heterocycles. The average Bonchev–Trinajstić information content (AvgIpc) is 2.53. The summed E-state index contributed by atoms with van der Waals surface area (Å²) in [5.41, 5.74) is 2.09. The molecule has 2 aromatic carbocycles. The van der Waals surface area contributed by atoms with E-state index in [-0.39, 0.29) is 5.75 Å². The van der Waals surface area contributed by atoms with Crippen molar-refractivity contribution in [2.24, 2.45) is 0 Å². The molecule has 0 fully saturated rings. The Balaban J connectivity index is 1.81. The highest BCUT2D eigenvalue weighted by Crippen LogP contribution is 2.22. The number of rotatable bonds is 7. The SMILES string of the molecule is COc1ccc(CCNCc2cc(OC)ccc2O)cc1. The summed E-state index contributed by atoms with van der Waals surface area (Å²) in [6, 6.07) is 13.3. The molecule has 0 bridgehead atoms. The first kappa shape index (κ1) is 15.2. The number of aromatic hydroxyl groups is 1. The van der Waals surface area contributed by atoms with Crippen molar-refractivity contribution >= 4 is 0 Å². The van der Waals surface area contributed by atoms with Gasteiger partial charge in [-0.15, -0.1) is 0 Å². The van der Waals surface area contributed by atoms with E-state index in [9.17, 15) is 5.11 Å². The van der Waals surface area contributed by atoms with Gasteiger partial charge in [0.2, 0.25) is 0 Å². The van der Waals surface area contributed by atoms with E-state index in [0.29, 0.717) is 6.54 Å². The maximum Gasteiger partial charge on any atom is 0.120 e. The second kappa shape index (κ2) is 7.55. The zero-order valence-electron chi connectivity index (χ0n) is 12.4. The fourth-order valence-electron chi connectivity index (χ4n) is 2.08. The van der Waals surface area contributed by atoms with Crippen molar-refractivity contribution in [3.8, 4) is 17.2 Å². The van der Waals surface area contributed by atoms with E-state index in [2.05, 4.69) is 17.4 Å². The molecule has 112 valence electrons. The first-order chi connectivity index (χ1) is 10.2. The highest BCUT2D eigenvalue weighted by molar-refractivity contribution is 5.39. The molecule has 4 heteroatoms. The predicted octanol–water partition coefficient (Wildman–Crippen LogP) is 2.74. The third-order valence-corrected chi connectivity index (χ3v) is 3.35. The van der Waals surface area contributed by atoms with Gasteiger partial charge in [0.05, 0.1) is 14.2 Å². The normalized spacial score (nSPS) is 10.4. The molecule has 0 aliphatic rings. The first-order valence-corrected chi connectivity index (χ1v) is 6.92. The van der Waals surface area contributed by atoms with E-state index < -0.39 is 0 Å². The predicted molar refractivity (Wildman–Crippen MR) is 83.1 cm³/mol. The van der Waals surface area contributed by atoms with Gasteiger partial charge in [0.25, 0.3) is 0 Å². The number of nitrogens with one attached hydrogen (secondary N) is 1. The number of benzene rings is 2. The second-order valence-corrected chi connectivity index (χ2v) is 4.77. The van der Waals surface area contributed by atoms with Crippen LogP contribution in [0.1, 0.15) is 11.1 Å². The van der Waals surface area contributed by atoms with Crippen LogP contribution in [0.2, 0.25) is 0 Å². The zero-order chi connectivity index (χ0) is 15.1. The van der Waals surface area contributed by atoms with Gasteiger partial charge < -0.3 is 19.9 Å². The third kappa shape index (κ3) is 4.39. The van der Waals surface area contributed by atoms with E-state index in [4.69, 9.17) is 9.47 Å². The monoisotopic (exact) mass is 287 g/mol. The molecule has 0 radical (unpaired) electrons. The van der Waals surface area contributed by atoms with Crippen LogP contribution in [0.5, 0.6) is 17.2 Å². The largest absolute Gasteiger partial charge is 0.508 e. The zero-order valence-corrected chi connectivity index (χ0v) is 12.4. The van der Waals surface area contributed by atoms with Crippen LogP contribution >= 0.6 is 0 Å². The molecule has 2 rings (SSSR count). The molecule has 21 heavy (non-hydrogen) atoms. The molecule has 2 N–H and O–H groups in total. The van der Waals surface area contributed by atoms with Gasteiger partial charge in [-0.1, -0.05) is 12.1 Å². The Hall–Kier alpha value is -2.20. The number of hydrogen-bond donors (Lipinski definition) is 2. The fraction of sp³-hybridized carbons (Fsp3) is 0.294. The summed E-state index contributed by atoms with van der Waals surface area (Å²) in [6.45, 7) is 1.45. The number of phenolic OH excluding ortho intramolecular Hbond substituents is 1. The maximum absolute atomic E-state index is 9.80. The lowest BCUT2D eigenvalue weighted by molar-refractivity contribution is 0.410. The molecule has 0 saturated heterocycles. The van der Waals surface area contributed by atoms with Gasteiger partial charge in [0.1, 0.15) is 17.2 Å². The van der Waals surface area contributed by atoms with Crippen LogP contribution in [0.15, 0.2) is 42.5 Å². The van der Waals surface area contributed by atoms with Crippen molar-refractivity contribution in [3.05, 3.63) is 53.6 Å². The van der Waals surface area contributed by atoms with Crippen LogP contribution < -0.4 is 14.8 Å². The molecular formula is C17H21NO3. The highest BCUT2D eigenvalue weighted by atomic mass is 16.5. The minimum Gasteiger partial charge on any atom is -0.508 e. The van der Waals surface area contributed by atoms with Crippen LogP contribution in [0, 0.1) is 0 Å². The van der Waals surface area contributed by atoms with Crippen molar-refractivity contribution < 1.29 is 14.6 Å². The lowest BCUT2D eigenvalue weighted by atomic mass is 10.1. The number of ether oxygens (including phenoxy) is 2. The topological polar surface area (TPSA) is 50.7 Å². The minimum atomic E-state index is 0.285. The van der Waals surface area contributed by atoms with Gasteiger partial charge in [-0.05, 0) is 48.9 Å². The lowest BCUT2D eigenvalue weighted by Crippen LogP contribution is -2.16. The lowest BCUT2D eigenvalue weighted by Gasteiger charge is -2.09. The summed E-state index contributed by atoms with van der Waals surface area (Å²) < 4.78 is 10.3. The van der Waals surface area contributed by atoms with Crippen molar-refractivity contribution in [1.29, 1.82) is 0 Å². The summed E-state index contributed by atoms with van der Waals surface area (Å²) in [5, 5.41) is 13.1. The van der Waals surface area contributed by atoms with Gasteiger partial charge in [-0.2, -0.15) is 0 Å². The van der Waals surface area contributed by atoms with Gasteiger partial charge in [0.15, 0.2) is 0 Å². The van der Waals surface area contributed by atoms with Crippen molar-refractivity contribution in [3.63, 3.8) is 0 Å². The molecule has 0 atom stereocenters. The Bertz CT molecular complexity index is 567. The molecule has 4 nitrogen and oxygen atoms in total. The van der Waals surface area contributed by atoms with Crippen LogP contribution in [-0.2, 0) is 13.0 Å². The van der Waals surface area contributed by atoms with Gasteiger partial charge in [-0.3, -0.25) is 0 Å². The summed E-state index contributed by atoms with van der Waals surface area (Å²) in [5.74, 6) is 1.90. The van der Waals surface area contributed by atoms with E-state index >= 15 is 0 Å². The molecular weight excluding hydrogens is 266 g/mol. The van der Waals surface area contributed by atoms with E-state index in [1.165, 1.54) is 5.56 Å². The smallest absolute Gasteiger partial charge is 0.120 e. The first-order valence-electron chi connectivity index (χ1n) is 6.92. The Morgan fingerprint density at radius 1 is 0.952 bits per heavy atom. The summed E-state index contributed by atoms with van der Waals surface area (Å²) in [6.07, 6.45) is 0.925. The van der Waals surface area contributed by atoms with Gasteiger partial charge in [-0.25, -0.2) is 0 Å². The molecule has 0 heterocycles. The average molecular weight is 287 g/mol. The molecule has 0 aliphatic heterocycles. The molecule has 0 saturated carbocycles. The Kier molecular flexibility index (Phi) is 5.46. The highest BCUT2D eigenvalue weighted by Gasteiger charge is 2.03. The molecule has 0 aliphatic carbocycles. The number of methoxy groups -OCH3 is 2. The molecule has 0 unspecified atom stereocenters. The summed E-state index contributed by atoms with van der Waals surface area (Å²) in [7, 11) is 3.28. The minimum absolute atomic E-state index is 0.285. The van der Waals surface area contributed by atoms with E-state index in [1.807, 2.05) is 18.2 Å². The van der Waals surface area contributed by atoms with E-state index in [0.717, 1.165) is 30.0 Å². The molecule has 0 spiro atoms. The van der Waals surface area contributed by atoms with Crippen molar-refractivity contribution in [2.45, 2.75) is 13.0 Å². The van der Waals surface area contributed by atoms with Crippen LogP contribution in [0.25, 0.3) is 0 Å². The van der Waals surface area contributed by atoms with Gasteiger partial charge >= 0.3 is 0 Å². The summed E-state index contributed by atoms with van der Waals surface area (Å²) in [4.78, 5) is 0. The van der Waals surface area contributed by atoms with Crippen LogP contribution in [-0.4, -0.2) is 25.9 Å². The third-order valence-electron chi connectivity index (χ3n) is 3.35. The van der Waals surface area contributed by atoms with E-state index in [1.54, 1.807) is 26.4 Å². The number of hydrogen-bond acceptors (Lipinski definition) is 4. The standard InChI is InChI=1S/C17H21NO3/c1-20-15-5-3-13(4-6-15)9-10-18-12-14-11-16(21-2)7-8-17(14)19/h3-8,11,18-19H,9-10,12H2,1-2H3. The van der Waals surface area contributed by atoms with Crippen molar-refractivity contribution in [1.82, 2.24) is 5.32 Å². The Morgan fingerprint density at radius 2 is 1.62 bits per heavy atom. The Labute approximate surface area is 125 Å². The number of phenols is 1. The van der Waals surface area contributed by atoms with Crippen molar-refractivity contribution in [2.75, 3.05) is 20.8 Å². The summed E-state index contributed by atoms with van der Waals surface area (Å²) >= 11 is 0. The molecule has 0 amide bonds. The fourth-order valence-corrected chi connectivity index (χ4v) is 2.08. The van der Waals surface area contributed by atoms with Crippen LogP contribution in [0.3, 0.4) is 0 Å². The van der Waals surface area contributed by atoms with Gasteiger partial charge in [0, 0.05) is 12.1 Å². The van der Waals surface area contributed by atoms with Crippen LogP contribution in [0.4, 0.5) is 0 Å². The second-order valence-electron chi connectivity index (χ2n) is 4.77. The molecule has 2 aromatic rings. The maximum atomic E-state index is 9.80. The Morgan fingerprint density at radius 3 is 2.29 bits per heavy atom.